The number of hydrogen-bond donors (Lipinski definition) is 3. The van der Waals surface area contributed by atoms with Crippen LogP contribution in [0.15, 0.2) is 0 Å². The van der Waals surface area contributed by atoms with Crippen LogP contribution in [0.2, 0.25) is 0 Å². The predicted octanol–water partition coefficient (Wildman–Crippen LogP) is 2.25. The fraction of sp³-hybridized carbons (Fsp3) is 1.00. The SMILES string of the molecule is SCCCN(CCCS)CCCS. The second-order valence-electron chi connectivity index (χ2n) is 3.07. The summed E-state index contributed by atoms with van der Waals surface area (Å²) in [5.74, 6) is 2.95. The van der Waals surface area contributed by atoms with Gasteiger partial charge >= 0.3 is 0 Å². The molecule has 0 bridgehead atoms. The van der Waals surface area contributed by atoms with Gasteiger partial charge in [-0.1, -0.05) is 0 Å². The fourth-order valence-corrected chi connectivity index (χ4v) is 1.64. The summed E-state index contributed by atoms with van der Waals surface area (Å²) < 4.78 is 0. The molecule has 0 amide bonds. The van der Waals surface area contributed by atoms with E-state index in [0.29, 0.717) is 0 Å². The minimum Gasteiger partial charge on any atom is -0.303 e. The van der Waals surface area contributed by atoms with E-state index in [9.17, 15) is 0 Å². The Morgan fingerprint density at radius 1 is 0.615 bits per heavy atom. The van der Waals surface area contributed by atoms with Crippen LogP contribution in [0.1, 0.15) is 19.3 Å². The lowest BCUT2D eigenvalue weighted by Gasteiger charge is -2.21. The molecule has 0 aliphatic rings. The van der Waals surface area contributed by atoms with Gasteiger partial charge < -0.3 is 4.90 Å². The van der Waals surface area contributed by atoms with Crippen molar-refractivity contribution in [1.82, 2.24) is 4.90 Å². The zero-order valence-electron chi connectivity index (χ0n) is 8.15. The standard InChI is InChI=1S/C9H21NS3/c11-7-1-4-10(5-2-8-12)6-3-9-13/h11-13H,1-9H2. The van der Waals surface area contributed by atoms with E-state index >= 15 is 0 Å². The van der Waals surface area contributed by atoms with E-state index in [0.717, 1.165) is 17.3 Å². The molecule has 0 aromatic carbocycles. The maximum absolute atomic E-state index is 4.22. The average molecular weight is 239 g/mol. The van der Waals surface area contributed by atoms with Gasteiger partial charge in [-0.15, -0.1) is 0 Å². The first-order valence-electron chi connectivity index (χ1n) is 4.90. The number of hydrogen-bond acceptors (Lipinski definition) is 4. The normalized spacial score (nSPS) is 11.1. The van der Waals surface area contributed by atoms with Gasteiger partial charge in [-0.3, -0.25) is 0 Å². The van der Waals surface area contributed by atoms with E-state index in [2.05, 4.69) is 42.8 Å². The van der Waals surface area contributed by atoms with E-state index in [-0.39, 0.29) is 0 Å². The van der Waals surface area contributed by atoms with Crippen LogP contribution >= 0.6 is 37.9 Å². The smallest absolute Gasteiger partial charge is 0.00110 e. The summed E-state index contributed by atoms with van der Waals surface area (Å²) in [6.45, 7) is 3.52. The molecular weight excluding hydrogens is 218 g/mol. The molecule has 4 heteroatoms. The molecule has 13 heavy (non-hydrogen) atoms. The molecule has 0 fully saturated rings. The van der Waals surface area contributed by atoms with Gasteiger partial charge in [-0.25, -0.2) is 0 Å². The summed E-state index contributed by atoms with van der Waals surface area (Å²) in [4.78, 5) is 2.49. The first-order chi connectivity index (χ1) is 6.35. The molecule has 0 unspecified atom stereocenters. The summed E-state index contributed by atoms with van der Waals surface area (Å²) >= 11 is 12.7. The zero-order valence-corrected chi connectivity index (χ0v) is 10.8. The van der Waals surface area contributed by atoms with Crippen LogP contribution in [0.4, 0.5) is 0 Å². The minimum atomic E-state index is 0.984. The van der Waals surface area contributed by atoms with Crippen LogP contribution in [0.5, 0.6) is 0 Å². The summed E-state index contributed by atoms with van der Waals surface area (Å²) in [6.07, 6.45) is 3.55. The van der Waals surface area contributed by atoms with Gasteiger partial charge in [0.15, 0.2) is 0 Å². The van der Waals surface area contributed by atoms with E-state index in [1.54, 1.807) is 0 Å². The Morgan fingerprint density at radius 2 is 0.923 bits per heavy atom. The summed E-state index contributed by atoms with van der Waals surface area (Å²) in [5, 5.41) is 0. The van der Waals surface area contributed by atoms with E-state index in [1.165, 1.54) is 38.9 Å². The molecule has 0 N–H and O–H groups in total. The largest absolute Gasteiger partial charge is 0.303 e. The van der Waals surface area contributed by atoms with Gasteiger partial charge in [0.1, 0.15) is 0 Å². The summed E-state index contributed by atoms with van der Waals surface area (Å²) in [6, 6.07) is 0. The molecule has 0 spiro atoms. The van der Waals surface area contributed by atoms with Gasteiger partial charge in [0.05, 0.1) is 0 Å². The Hall–Kier alpha value is 1.01. The van der Waals surface area contributed by atoms with Crippen molar-refractivity contribution in [2.24, 2.45) is 0 Å². The van der Waals surface area contributed by atoms with Gasteiger partial charge in [-0.2, -0.15) is 37.9 Å². The molecule has 0 aromatic heterocycles. The van der Waals surface area contributed by atoms with Crippen molar-refractivity contribution in [2.45, 2.75) is 19.3 Å². The third kappa shape index (κ3) is 9.32. The van der Waals surface area contributed by atoms with E-state index in [4.69, 9.17) is 0 Å². The third-order valence-electron chi connectivity index (χ3n) is 1.90. The summed E-state index contributed by atoms with van der Waals surface area (Å²) in [5.41, 5.74) is 0. The van der Waals surface area contributed by atoms with E-state index in [1.807, 2.05) is 0 Å². The maximum atomic E-state index is 4.22. The van der Waals surface area contributed by atoms with Crippen molar-refractivity contribution in [1.29, 1.82) is 0 Å². The molecular formula is C9H21NS3. The van der Waals surface area contributed by atoms with Crippen molar-refractivity contribution in [3.8, 4) is 0 Å². The lowest BCUT2D eigenvalue weighted by atomic mass is 10.3. The van der Waals surface area contributed by atoms with Gasteiger partial charge in [-0.05, 0) is 56.2 Å². The van der Waals surface area contributed by atoms with Crippen LogP contribution in [0, 0.1) is 0 Å². The molecule has 0 atom stereocenters. The second kappa shape index (κ2) is 11.1. The highest BCUT2D eigenvalue weighted by Crippen LogP contribution is 1.99. The Balaban J connectivity index is 3.47. The topological polar surface area (TPSA) is 3.24 Å². The number of rotatable bonds is 9. The lowest BCUT2D eigenvalue weighted by molar-refractivity contribution is 0.278. The Bertz CT molecular complexity index is 81.8. The van der Waals surface area contributed by atoms with Crippen molar-refractivity contribution >= 4 is 37.9 Å². The highest BCUT2D eigenvalue weighted by atomic mass is 32.1. The molecule has 80 valence electrons. The highest BCUT2D eigenvalue weighted by molar-refractivity contribution is 7.80. The number of nitrogens with zero attached hydrogens (tertiary/aromatic N) is 1. The van der Waals surface area contributed by atoms with Gasteiger partial charge in [0, 0.05) is 0 Å². The Kier molecular flexibility index (Phi) is 11.9. The minimum absolute atomic E-state index is 0.984. The number of thiol groups is 3. The van der Waals surface area contributed by atoms with E-state index < -0.39 is 0 Å². The van der Waals surface area contributed by atoms with Crippen LogP contribution < -0.4 is 0 Å². The van der Waals surface area contributed by atoms with Crippen molar-refractivity contribution in [3.05, 3.63) is 0 Å². The quantitative estimate of drug-likeness (QED) is 0.520. The third-order valence-corrected chi connectivity index (χ3v) is 2.85. The molecule has 0 aliphatic heterocycles. The Morgan fingerprint density at radius 3 is 1.15 bits per heavy atom. The molecule has 0 aromatic rings. The van der Waals surface area contributed by atoms with Crippen molar-refractivity contribution in [2.75, 3.05) is 36.9 Å². The van der Waals surface area contributed by atoms with Crippen molar-refractivity contribution < 1.29 is 0 Å². The van der Waals surface area contributed by atoms with Crippen LogP contribution in [-0.4, -0.2) is 41.8 Å². The molecule has 0 saturated carbocycles. The molecule has 0 rings (SSSR count). The molecule has 1 nitrogen and oxygen atoms in total. The highest BCUT2D eigenvalue weighted by Gasteiger charge is 2.02. The average Bonchev–Trinajstić information content (AvgIpc) is 2.17. The molecule has 0 heterocycles. The van der Waals surface area contributed by atoms with Crippen molar-refractivity contribution in [3.63, 3.8) is 0 Å². The second-order valence-corrected chi connectivity index (χ2v) is 4.41. The fourth-order valence-electron chi connectivity index (χ4n) is 1.22. The lowest BCUT2D eigenvalue weighted by Crippen LogP contribution is -2.28. The molecule has 0 saturated heterocycles. The van der Waals surface area contributed by atoms with Crippen LogP contribution in [0.25, 0.3) is 0 Å². The van der Waals surface area contributed by atoms with Gasteiger partial charge in [0.2, 0.25) is 0 Å². The molecule has 0 aliphatic carbocycles. The first-order valence-corrected chi connectivity index (χ1v) is 6.79. The predicted molar refractivity (Wildman–Crippen MR) is 71.9 cm³/mol. The zero-order chi connectivity index (χ0) is 9.94. The van der Waals surface area contributed by atoms with Crippen LogP contribution in [0.3, 0.4) is 0 Å². The Labute approximate surface area is 98.9 Å². The summed E-state index contributed by atoms with van der Waals surface area (Å²) in [7, 11) is 0. The maximum Gasteiger partial charge on any atom is -0.00110 e. The molecule has 0 radical (unpaired) electrons. The monoisotopic (exact) mass is 239 g/mol. The van der Waals surface area contributed by atoms with Gasteiger partial charge in [0.25, 0.3) is 0 Å². The first kappa shape index (κ1) is 14.0. The van der Waals surface area contributed by atoms with Crippen LogP contribution in [-0.2, 0) is 0 Å².